The molecule has 0 unspecified atom stereocenters. The van der Waals surface area contributed by atoms with Crippen LogP contribution < -0.4 is 4.74 Å². The summed E-state index contributed by atoms with van der Waals surface area (Å²) in [6.07, 6.45) is 2.92. The first kappa shape index (κ1) is 21.1. The SMILES string of the molecule is COC(CC(=Cc1ccc2c(c1)C(C)(C)CCO2)c1ccccc1C(=O)O)OC. The molecular weight excluding hydrogens is 368 g/mol. The van der Waals surface area contributed by atoms with E-state index >= 15 is 0 Å². The first-order valence-corrected chi connectivity index (χ1v) is 9.72. The third-order valence-electron chi connectivity index (χ3n) is 5.47. The summed E-state index contributed by atoms with van der Waals surface area (Å²) in [5.41, 5.74) is 3.93. The standard InChI is InChI=1S/C24H28O5/c1-24(2)11-12-29-21-10-9-16(14-20(21)24)13-17(15-22(27-3)28-4)18-7-5-6-8-19(18)23(25)26/h5-10,13-14,22H,11-12,15H2,1-4H3,(H,25,26). The quantitative estimate of drug-likeness (QED) is 0.527. The van der Waals surface area contributed by atoms with Crippen molar-refractivity contribution in [1.29, 1.82) is 0 Å². The lowest BCUT2D eigenvalue weighted by Crippen LogP contribution is -2.26. The molecule has 0 fully saturated rings. The molecule has 5 heteroatoms. The van der Waals surface area contributed by atoms with Gasteiger partial charge in [-0.3, -0.25) is 0 Å². The van der Waals surface area contributed by atoms with E-state index < -0.39 is 12.3 Å². The van der Waals surface area contributed by atoms with Gasteiger partial charge in [0.2, 0.25) is 0 Å². The maximum Gasteiger partial charge on any atom is 0.336 e. The topological polar surface area (TPSA) is 65.0 Å². The van der Waals surface area contributed by atoms with Crippen molar-refractivity contribution in [2.24, 2.45) is 0 Å². The van der Waals surface area contributed by atoms with Gasteiger partial charge < -0.3 is 19.3 Å². The zero-order chi connectivity index (χ0) is 21.0. The monoisotopic (exact) mass is 396 g/mol. The zero-order valence-electron chi connectivity index (χ0n) is 17.4. The third kappa shape index (κ3) is 4.69. The Kier molecular flexibility index (Phi) is 6.40. The molecule has 0 spiro atoms. The Morgan fingerprint density at radius 3 is 2.52 bits per heavy atom. The average Bonchev–Trinajstić information content (AvgIpc) is 2.71. The number of fused-ring (bicyclic) bond motifs is 1. The van der Waals surface area contributed by atoms with Gasteiger partial charge in [-0.25, -0.2) is 4.79 Å². The summed E-state index contributed by atoms with van der Waals surface area (Å²) in [6.45, 7) is 5.15. The molecule has 0 aliphatic carbocycles. The van der Waals surface area contributed by atoms with E-state index in [1.807, 2.05) is 30.3 Å². The maximum atomic E-state index is 11.8. The molecular formula is C24H28O5. The highest BCUT2D eigenvalue weighted by Gasteiger charge is 2.28. The van der Waals surface area contributed by atoms with Crippen LogP contribution in [0.1, 0.15) is 53.7 Å². The minimum absolute atomic E-state index is 0.0260. The number of hydrogen-bond acceptors (Lipinski definition) is 4. The van der Waals surface area contributed by atoms with Crippen LogP contribution in [-0.2, 0) is 14.9 Å². The van der Waals surface area contributed by atoms with E-state index in [9.17, 15) is 9.90 Å². The van der Waals surface area contributed by atoms with E-state index in [1.165, 1.54) is 5.56 Å². The molecule has 29 heavy (non-hydrogen) atoms. The molecule has 1 N–H and O–H groups in total. The Morgan fingerprint density at radius 2 is 1.86 bits per heavy atom. The Balaban J connectivity index is 2.10. The summed E-state index contributed by atoms with van der Waals surface area (Å²) in [4.78, 5) is 11.8. The summed E-state index contributed by atoms with van der Waals surface area (Å²) in [5, 5.41) is 9.65. The van der Waals surface area contributed by atoms with Crippen molar-refractivity contribution in [3.63, 3.8) is 0 Å². The van der Waals surface area contributed by atoms with Gasteiger partial charge in [-0.15, -0.1) is 0 Å². The Hall–Kier alpha value is -2.63. The molecule has 1 aliphatic heterocycles. The Morgan fingerprint density at radius 1 is 1.17 bits per heavy atom. The summed E-state index contributed by atoms with van der Waals surface area (Å²) in [5.74, 6) is -0.0459. The molecule has 2 aromatic rings. The summed E-state index contributed by atoms with van der Waals surface area (Å²) >= 11 is 0. The van der Waals surface area contributed by atoms with Gasteiger partial charge in [-0.2, -0.15) is 0 Å². The van der Waals surface area contributed by atoms with E-state index in [1.54, 1.807) is 26.4 Å². The normalized spacial score (nSPS) is 15.7. The van der Waals surface area contributed by atoms with E-state index in [0.29, 0.717) is 12.0 Å². The second-order valence-electron chi connectivity index (χ2n) is 7.86. The van der Waals surface area contributed by atoms with Gasteiger partial charge in [0.1, 0.15) is 5.75 Å². The first-order valence-electron chi connectivity index (χ1n) is 9.72. The lowest BCUT2D eigenvalue weighted by molar-refractivity contribution is -0.0970. The van der Waals surface area contributed by atoms with Crippen LogP contribution in [0, 0.1) is 0 Å². The minimum atomic E-state index is -0.960. The van der Waals surface area contributed by atoms with Gasteiger partial charge in [0.15, 0.2) is 6.29 Å². The van der Waals surface area contributed by atoms with E-state index in [0.717, 1.165) is 29.9 Å². The average molecular weight is 396 g/mol. The molecule has 1 aliphatic rings. The lowest BCUT2D eigenvalue weighted by Gasteiger charge is -2.32. The largest absolute Gasteiger partial charge is 0.493 e. The molecule has 0 radical (unpaired) electrons. The highest BCUT2D eigenvalue weighted by Crippen LogP contribution is 2.39. The molecule has 154 valence electrons. The van der Waals surface area contributed by atoms with Gasteiger partial charge >= 0.3 is 5.97 Å². The van der Waals surface area contributed by atoms with Crippen LogP contribution in [-0.4, -0.2) is 38.2 Å². The first-order chi connectivity index (χ1) is 13.9. The highest BCUT2D eigenvalue weighted by molar-refractivity contribution is 5.97. The van der Waals surface area contributed by atoms with Crippen molar-refractivity contribution in [1.82, 2.24) is 0 Å². The molecule has 0 bridgehead atoms. The number of ether oxygens (including phenoxy) is 3. The number of carboxylic acid groups (broad SMARTS) is 1. The van der Waals surface area contributed by atoms with Crippen LogP contribution in [0.15, 0.2) is 42.5 Å². The van der Waals surface area contributed by atoms with Gasteiger partial charge in [-0.05, 0) is 46.7 Å². The van der Waals surface area contributed by atoms with Crippen LogP contribution in [0.25, 0.3) is 11.6 Å². The zero-order valence-corrected chi connectivity index (χ0v) is 17.4. The molecule has 0 saturated heterocycles. The van der Waals surface area contributed by atoms with Gasteiger partial charge in [0, 0.05) is 26.2 Å². The summed E-state index contributed by atoms with van der Waals surface area (Å²) < 4.78 is 16.6. The van der Waals surface area contributed by atoms with Crippen molar-refractivity contribution < 1.29 is 24.1 Å². The molecule has 3 rings (SSSR count). The van der Waals surface area contributed by atoms with Gasteiger partial charge in [0.05, 0.1) is 12.2 Å². The van der Waals surface area contributed by atoms with E-state index in [-0.39, 0.29) is 11.0 Å². The smallest absolute Gasteiger partial charge is 0.336 e. The number of carboxylic acids is 1. The fraction of sp³-hybridized carbons (Fsp3) is 0.375. The van der Waals surface area contributed by atoms with Crippen molar-refractivity contribution >= 4 is 17.6 Å². The predicted octanol–water partition coefficient (Wildman–Crippen LogP) is 4.99. The number of benzene rings is 2. The molecule has 0 atom stereocenters. The Labute approximate surface area is 171 Å². The lowest BCUT2D eigenvalue weighted by atomic mass is 9.79. The van der Waals surface area contributed by atoms with Gasteiger partial charge in [-0.1, -0.05) is 44.2 Å². The minimum Gasteiger partial charge on any atom is -0.493 e. The number of aromatic carboxylic acids is 1. The predicted molar refractivity (Wildman–Crippen MR) is 113 cm³/mol. The number of methoxy groups -OCH3 is 2. The third-order valence-corrected chi connectivity index (χ3v) is 5.47. The van der Waals surface area contributed by atoms with Gasteiger partial charge in [0.25, 0.3) is 0 Å². The molecule has 0 amide bonds. The van der Waals surface area contributed by atoms with Crippen molar-refractivity contribution in [3.8, 4) is 5.75 Å². The van der Waals surface area contributed by atoms with E-state index in [4.69, 9.17) is 14.2 Å². The van der Waals surface area contributed by atoms with Crippen LogP contribution >= 0.6 is 0 Å². The molecule has 1 heterocycles. The van der Waals surface area contributed by atoms with Crippen molar-refractivity contribution in [3.05, 3.63) is 64.7 Å². The maximum absolute atomic E-state index is 11.8. The van der Waals surface area contributed by atoms with Crippen molar-refractivity contribution in [2.45, 2.75) is 38.4 Å². The number of rotatable bonds is 7. The number of carbonyl (C=O) groups is 1. The number of hydrogen-bond donors (Lipinski definition) is 1. The van der Waals surface area contributed by atoms with Crippen molar-refractivity contribution in [2.75, 3.05) is 20.8 Å². The fourth-order valence-corrected chi connectivity index (χ4v) is 3.68. The van der Waals surface area contributed by atoms with Crippen LogP contribution in [0.5, 0.6) is 5.75 Å². The van der Waals surface area contributed by atoms with Crippen LogP contribution in [0.3, 0.4) is 0 Å². The second kappa shape index (κ2) is 8.80. The Bertz CT molecular complexity index is 909. The fourth-order valence-electron chi connectivity index (χ4n) is 3.68. The summed E-state index contributed by atoms with van der Waals surface area (Å²) in [6, 6.07) is 13.1. The summed E-state index contributed by atoms with van der Waals surface area (Å²) in [7, 11) is 3.15. The molecule has 2 aromatic carbocycles. The second-order valence-corrected chi connectivity index (χ2v) is 7.86. The molecule has 0 saturated carbocycles. The highest BCUT2D eigenvalue weighted by atomic mass is 16.7. The van der Waals surface area contributed by atoms with Crippen LogP contribution in [0.4, 0.5) is 0 Å². The van der Waals surface area contributed by atoms with E-state index in [2.05, 4.69) is 19.9 Å². The molecule has 0 aromatic heterocycles. The van der Waals surface area contributed by atoms with Crippen LogP contribution in [0.2, 0.25) is 0 Å². The molecule has 5 nitrogen and oxygen atoms in total.